The van der Waals surface area contributed by atoms with Gasteiger partial charge in [0.15, 0.2) is 0 Å². The second-order valence-corrected chi connectivity index (χ2v) is 7.29. The molecule has 0 radical (unpaired) electrons. The monoisotopic (exact) mass is 342 g/mol. The van der Waals surface area contributed by atoms with Gasteiger partial charge in [0, 0.05) is 44.9 Å². The third-order valence-corrected chi connectivity index (χ3v) is 5.43. The van der Waals surface area contributed by atoms with Crippen LogP contribution in [0, 0.1) is 17.0 Å². The summed E-state index contributed by atoms with van der Waals surface area (Å²) >= 11 is 0. The van der Waals surface area contributed by atoms with Crippen LogP contribution in [-0.4, -0.2) is 57.5 Å². The van der Waals surface area contributed by atoms with Crippen molar-refractivity contribution < 1.29 is 13.3 Å². The predicted octanol–water partition coefficient (Wildman–Crippen LogP) is 0.477. The van der Waals surface area contributed by atoms with Gasteiger partial charge in [-0.05, 0) is 31.5 Å². The highest BCUT2D eigenvalue weighted by molar-refractivity contribution is 7.89. The first-order chi connectivity index (χ1) is 10.9. The lowest BCUT2D eigenvalue weighted by Crippen LogP contribution is -2.44. The molecule has 8 nitrogen and oxygen atoms in total. The lowest BCUT2D eigenvalue weighted by molar-refractivity contribution is -0.385. The summed E-state index contributed by atoms with van der Waals surface area (Å²) in [6.07, 6.45) is 0.727. The van der Waals surface area contributed by atoms with Crippen molar-refractivity contribution in [1.29, 1.82) is 0 Å². The molecule has 1 heterocycles. The lowest BCUT2D eigenvalue weighted by atomic mass is 10.2. The maximum Gasteiger partial charge on any atom is 0.269 e. The zero-order valence-corrected chi connectivity index (χ0v) is 13.9. The minimum Gasteiger partial charge on any atom is -0.314 e. The van der Waals surface area contributed by atoms with Crippen molar-refractivity contribution in [3.63, 3.8) is 0 Å². The quantitative estimate of drug-likeness (QED) is 0.424. The number of hydrogen-bond acceptors (Lipinski definition) is 6. The molecule has 1 aliphatic heterocycles. The fraction of sp³-hybridized carbons (Fsp3) is 0.571. The van der Waals surface area contributed by atoms with Crippen LogP contribution in [0.4, 0.5) is 5.69 Å². The van der Waals surface area contributed by atoms with Crippen LogP contribution in [0.3, 0.4) is 0 Å². The molecule has 23 heavy (non-hydrogen) atoms. The van der Waals surface area contributed by atoms with Gasteiger partial charge in [-0.3, -0.25) is 10.1 Å². The van der Waals surface area contributed by atoms with E-state index in [9.17, 15) is 18.5 Å². The molecular weight excluding hydrogens is 320 g/mol. The number of non-ortho nitro benzene ring substituents is 1. The van der Waals surface area contributed by atoms with Gasteiger partial charge in [0.2, 0.25) is 10.0 Å². The van der Waals surface area contributed by atoms with Crippen molar-refractivity contribution in [1.82, 2.24) is 14.9 Å². The third kappa shape index (κ3) is 4.96. The molecule has 2 N–H and O–H groups in total. The Hall–Kier alpha value is -1.55. The van der Waals surface area contributed by atoms with Crippen LogP contribution >= 0.6 is 0 Å². The third-order valence-electron chi connectivity index (χ3n) is 3.81. The Bertz CT molecular complexity index is 657. The van der Waals surface area contributed by atoms with E-state index < -0.39 is 14.9 Å². The number of benzene rings is 1. The van der Waals surface area contributed by atoms with E-state index in [4.69, 9.17) is 0 Å². The summed E-state index contributed by atoms with van der Waals surface area (Å²) in [6, 6.07) is 3.77. The van der Waals surface area contributed by atoms with Gasteiger partial charge in [-0.15, -0.1) is 0 Å². The number of nitrogens with zero attached hydrogens (tertiary/aromatic N) is 2. The van der Waals surface area contributed by atoms with Gasteiger partial charge in [-0.1, -0.05) is 0 Å². The number of nitro benzene ring substituents is 1. The molecule has 0 saturated carbocycles. The minimum absolute atomic E-state index is 0.0882. The van der Waals surface area contributed by atoms with Gasteiger partial charge in [0.05, 0.1) is 9.82 Å². The van der Waals surface area contributed by atoms with Crippen molar-refractivity contribution in [3.8, 4) is 0 Å². The summed E-state index contributed by atoms with van der Waals surface area (Å²) in [6.45, 7) is 6.65. The molecule has 0 unspecified atom stereocenters. The van der Waals surface area contributed by atoms with E-state index in [0.29, 0.717) is 12.1 Å². The molecule has 0 bridgehead atoms. The second kappa shape index (κ2) is 7.82. The Morgan fingerprint density at radius 1 is 1.35 bits per heavy atom. The largest absolute Gasteiger partial charge is 0.314 e. The molecular formula is C14H22N4O4S. The maximum absolute atomic E-state index is 12.3. The zero-order valence-electron chi connectivity index (χ0n) is 13.1. The molecule has 2 rings (SSSR count). The van der Waals surface area contributed by atoms with Crippen LogP contribution in [0.2, 0.25) is 0 Å². The summed E-state index contributed by atoms with van der Waals surface area (Å²) < 4.78 is 27.1. The Kier molecular flexibility index (Phi) is 6.05. The average molecular weight is 342 g/mol. The molecule has 1 aromatic rings. The van der Waals surface area contributed by atoms with Gasteiger partial charge in [0.25, 0.3) is 5.69 Å². The summed E-state index contributed by atoms with van der Waals surface area (Å²) in [7, 11) is -3.64. The van der Waals surface area contributed by atoms with Gasteiger partial charge < -0.3 is 10.2 Å². The Labute approximate surface area is 136 Å². The summed E-state index contributed by atoms with van der Waals surface area (Å²) in [5, 5.41) is 14.0. The van der Waals surface area contributed by atoms with Crippen molar-refractivity contribution in [2.75, 3.05) is 39.3 Å². The summed E-state index contributed by atoms with van der Waals surface area (Å²) in [5.41, 5.74) is 0.258. The van der Waals surface area contributed by atoms with Crippen LogP contribution in [0.5, 0.6) is 0 Å². The fourth-order valence-electron chi connectivity index (χ4n) is 2.57. The van der Waals surface area contributed by atoms with Gasteiger partial charge >= 0.3 is 0 Å². The smallest absolute Gasteiger partial charge is 0.269 e. The van der Waals surface area contributed by atoms with E-state index >= 15 is 0 Å². The highest BCUT2D eigenvalue weighted by atomic mass is 32.2. The van der Waals surface area contributed by atoms with Crippen LogP contribution in [0.15, 0.2) is 23.1 Å². The lowest BCUT2D eigenvalue weighted by Gasteiger charge is -2.27. The van der Waals surface area contributed by atoms with Crippen molar-refractivity contribution in [2.45, 2.75) is 18.2 Å². The number of sulfonamides is 1. The molecule has 0 atom stereocenters. The number of rotatable bonds is 7. The van der Waals surface area contributed by atoms with E-state index in [-0.39, 0.29) is 10.6 Å². The first-order valence-electron chi connectivity index (χ1n) is 7.58. The van der Waals surface area contributed by atoms with Gasteiger partial charge in [-0.25, -0.2) is 13.1 Å². The van der Waals surface area contributed by atoms with Crippen LogP contribution in [0.25, 0.3) is 0 Å². The molecule has 0 aromatic heterocycles. The van der Waals surface area contributed by atoms with Crippen molar-refractivity contribution in [2.24, 2.45) is 0 Å². The average Bonchev–Trinajstić information content (AvgIpc) is 2.52. The van der Waals surface area contributed by atoms with Crippen LogP contribution in [-0.2, 0) is 10.0 Å². The van der Waals surface area contributed by atoms with E-state index in [1.54, 1.807) is 6.92 Å². The van der Waals surface area contributed by atoms with E-state index in [1.807, 2.05) is 0 Å². The summed E-state index contributed by atoms with van der Waals surface area (Å²) in [4.78, 5) is 12.6. The van der Waals surface area contributed by atoms with Gasteiger partial charge in [-0.2, -0.15) is 0 Å². The highest BCUT2D eigenvalue weighted by Gasteiger charge is 2.19. The minimum atomic E-state index is -3.64. The molecule has 1 saturated heterocycles. The van der Waals surface area contributed by atoms with Gasteiger partial charge in [0.1, 0.15) is 0 Å². The van der Waals surface area contributed by atoms with Crippen molar-refractivity contribution >= 4 is 15.7 Å². The zero-order chi connectivity index (χ0) is 16.9. The maximum atomic E-state index is 12.3. The van der Waals surface area contributed by atoms with Crippen LogP contribution in [0.1, 0.15) is 12.0 Å². The predicted molar refractivity (Wildman–Crippen MR) is 86.9 cm³/mol. The molecule has 9 heteroatoms. The first kappa shape index (κ1) is 17.8. The topological polar surface area (TPSA) is 105 Å². The molecule has 0 spiro atoms. The second-order valence-electron chi connectivity index (χ2n) is 5.55. The molecule has 1 fully saturated rings. The molecule has 0 aliphatic carbocycles. The normalized spacial score (nSPS) is 16.4. The SMILES string of the molecule is Cc1cc([N+](=O)[O-])ccc1S(=O)(=O)NCCCN1CCNCC1. The number of piperazine rings is 1. The Balaban J connectivity index is 1.89. The number of nitrogens with one attached hydrogen (secondary N) is 2. The standard InChI is InChI=1S/C14H22N4O4S/c1-12-11-13(18(19)20)3-4-14(12)23(21,22)16-5-2-8-17-9-6-15-7-10-17/h3-4,11,15-16H,2,5-10H2,1H3. The molecule has 1 aliphatic rings. The Morgan fingerprint density at radius 3 is 2.65 bits per heavy atom. The fourth-order valence-corrected chi connectivity index (χ4v) is 3.87. The van der Waals surface area contributed by atoms with E-state index in [1.165, 1.54) is 18.2 Å². The number of hydrogen-bond donors (Lipinski definition) is 2. The molecule has 0 amide bonds. The number of nitro groups is 1. The number of aryl methyl sites for hydroxylation is 1. The highest BCUT2D eigenvalue weighted by Crippen LogP contribution is 2.20. The molecule has 1 aromatic carbocycles. The van der Waals surface area contributed by atoms with Crippen LogP contribution < -0.4 is 10.0 Å². The first-order valence-corrected chi connectivity index (χ1v) is 9.06. The summed E-state index contributed by atoms with van der Waals surface area (Å²) in [5.74, 6) is 0. The van der Waals surface area contributed by atoms with Crippen molar-refractivity contribution in [3.05, 3.63) is 33.9 Å². The molecule has 128 valence electrons. The van der Waals surface area contributed by atoms with E-state index in [2.05, 4.69) is 14.9 Å². The van der Waals surface area contributed by atoms with E-state index in [0.717, 1.165) is 39.1 Å². The Morgan fingerprint density at radius 2 is 2.04 bits per heavy atom.